The van der Waals surface area contributed by atoms with Gasteiger partial charge in [0.2, 0.25) is 0 Å². The maximum atomic E-state index is 10.1. The molecule has 1 unspecified atom stereocenters. The smallest absolute Gasteiger partial charge is 0.119 e. The molecule has 0 aliphatic heterocycles. The number of rotatable bonds is 6. The van der Waals surface area contributed by atoms with Crippen LogP contribution in [0, 0.1) is 6.92 Å². The number of anilines is 1. The van der Waals surface area contributed by atoms with E-state index >= 15 is 0 Å². The van der Waals surface area contributed by atoms with Crippen LogP contribution in [-0.2, 0) is 0 Å². The number of hydrogen-bond acceptors (Lipinski definition) is 5. The summed E-state index contributed by atoms with van der Waals surface area (Å²) in [6.45, 7) is 2.59. The van der Waals surface area contributed by atoms with Crippen LogP contribution >= 0.6 is 15.9 Å². The van der Waals surface area contributed by atoms with E-state index in [0.29, 0.717) is 6.54 Å². The Morgan fingerprint density at radius 3 is 2.96 bits per heavy atom. The first-order valence-electron chi connectivity index (χ1n) is 7.63. The van der Waals surface area contributed by atoms with Gasteiger partial charge in [-0.25, -0.2) is 0 Å². The molecule has 24 heavy (non-hydrogen) atoms. The second kappa shape index (κ2) is 7.59. The van der Waals surface area contributed by atoms with Gasteiger partial charge in [0.05, 0.1) is 11.2 Å². The van der Waals surface area contributed by atoms with Crippen molar-refractivity contribution in [1.82, 2.24) is 9.97 Å². The van der Waals surface area contributed by atoms with Crippen LogP contribution in [0.4, 0.5) is 5.69 Å². The summed E-state index contributed by atoms with van der Waals surface area (Å²) in [5.41, 5.74) is 3.52. The summed E-state index contributed by atoms with van der Waals surface area (Å²) in [5, 5.41) is 13.3. The van der Waals surface area contributed by atoms with Gasteiger partial charge in [-0.3, -0.25) is 9.97 Å². The van der Waals surface area contributed by atoms with Crippen molar-refractivity contribution in [3.63, 3.8) is 0 Å². The molecule has 124 valence electrons. The third-order valence-electron chi connectivity index (χ3n) is 3.50. The lowest BCUT2D eigenvalue weighted by Gasteiger charge is -2.15. The molecule has 0 aliphatic rings. The molecule has 2 heterocycles. The number of aliphatic hydroxyl groups excluding tert-OH is 1. The number of aryl methyl sites for hydroxylation is 1. The van der Waals surface area contributed by atoms with Crippen molar-refractivity contribution < 1.29 is 9.84 Å². The number of hydrogen-bond donors (Lipinski definition) is 2. The Morgan fingerprint density at radius 1 is 1.25 bits per heavy atom. The van der Waals surface area contributed by atoms with Gasteiger partial charge in [-0.05, 0) is 52.7 Å². The van der Waals surface area contributed by atoms with Crippen molar-refractivity contribution >= 4 is 32.7 Å². The molecule has 3 rings (SSSR count). The zero-order chi connectivity index (χ0) is 16.9. The normalized spacial score (nSPS) is 12.1. The van der Waals surface area contributed by atoms with Crippen LogP contribution in [0.5, 0.6) is 5.75 Å². The maximum Gasteiger partial charge on any atom is 0.119 e. The van der Waals surface area contributed by atoms with E-state index in [1.807, 2.05) is 43.3 Å². The fourth-order valence-electron chi connectivity index (χ4n) is 2.33. The SMILES string of the molecule is Cc1cccc(OCC(O)CNc2ccnc3cc(Br)cnc23)c1. The molecule has 1 atom stereocenters. The molecule has 2 aromatic heterocycles. The van der Waals surface area contributed by atoms with Crippen LogP contribution in [0.3, 0.4) is 0 Å². The molecule has 0 radical (unpaired) electrons. The van der Waals surface area contributed by atoms with Crippen LogP contribution in [0.2, 0.25) is 0 Å². The predicted molar refractivity (Wildman–Crippen MR) is 98.4 cm³/mol. The number of ether oxygens (including phenoxy) is 1. The van der Waals surface area contributed by atoms with Crippen LogP contribution < -0.4 is 10.1 Å². The predicted octanol–water partition coefficient (Wildman–Crippen LogP) is 3.55. The molecule has 0 amide bonds. The van der Waals surface area contributed by atoms with Crippen molar-refractivity contribution in [1.29, 1.82) is 0 Å². The van der Waals surface area contributed by atoms with E-state index in [9.17, 15) is 5.11 Å². The van der Waals surface area contributed by atoms with Crippen molar-refractivity contribution in [2.24, 2.45) is 0 Å². The number of halogens is 1. The third-order valence-corrected chi connectivity index (χ3v) is 3.94. The van der Waals surface area contributed by atoms with Crippen LogP contribution in [0.15, 0.2) is 53.3 Å². The van der Waals surface area contributed by atoms with Crippen LogP contribution in [0.25, 0.3) is 11.0 Å². The largest absolute Gasteiger partial charge is 0.491 e. The van der Waals surface area contributed by atoms with Gasteiger partial charge >= 0.3 is 0 Å². The summed E-state index contributed by atoms with van der Waals surface area (Å²) in [4.78, 5) is 8.67. The second-order valence-electron chi connectivity index (χ2n) is 5.54. The minimum absolute atomic E-state index is 0.221. The zero-order valence-electron chi connectivity index (χ0n) is 13.2. The summed E-state index contributed by atoms with van der Waals surface area (Å²) in [6, 6.07) is 11.5. The molecule has 0 fully saturated rings. The molecular formula is C18H18BrN3O2. The first-order valence-corrected chi connectivity index (χ1v) is 8.43. The van der Waals surface area contributed by atoms with Gasteiger partial charge < -0.3 is 15.2 Å². The molecule has 3 aromatic rings. The lowest BCUT2D eigenvalue weighted by atomic mass is 10.2. The zero-order valence-corrected chi connectivity index (χ0v) is 14.8. The highest BCUT2D eigenvalue weighted by molar-refractivity contribution is 9.10. The molecule has 0 saturated carbocycles. The lowest BCUT2D eigenvalue weighted by Crippen LogP contribution is -2.26. The average Bonchev–Trinajstić information content (AvgIpc) is 2.58. The van der Waals surface area contributed by atoms with E-state index in [1.54, 1.807) is 12.4 Å². The maximum absolute atomic E-state index is 10.1. The highest BCUT2D eigenvalue weighted by Crippen LogP contribution is 2.22. The van der Waals surface area contributed by atoms with Gasteiger partial charge in [0.1, 0.15) is 24.0 Å². The van der Waals surface area contributed by atoms with Gasteiger partial charge in [-0.15, -0.1) is 0 Å². The Balaban J connectivity index is 1.59. The summed E-state index contributed by atoms with van der Waals surface area (Å²) >= 11 is 3.39. The van der Waals surface area contributed by atoms with Gasteiger partial charge in [0.25, 0.3) is 0 Å². The van der Waals surface area contributed by atoms with E-state index in [-0.39, 0.29) is 6.61 Å². The third kappa shape index (κ3) is 4.21. The quantitative estimate of drug-likeness (QED) is 0.676. The van der Waals surface area contributed by atoms with Gasteiger partial charge in [-0.2, -0.15) is 0 Å². The van der Waals surface area contributed by atoms with Crippen molar-refractivity contribution in [2.75, 3.05) is 18.5 Å². The second-order valence-corrected chi connectivity index (χ2v) is 6.46. The fraction of sp³-hybridized carbons (Fsp3) is 0.222. The molecule has 6 heteroatoms. The van der Waals surface area contributed by atoms with Crippen LogP contribution in [-0.4, -0.2) is 34.3 Å². The highest BCUT2D eigenvalue weighted by Gasteiger charge is 2.08. The number of benzene rings is 1. The number of aromatic nitrogens is 2. The molecule has 5 nitrogen and oxygen atoms in total. The van der Waals surface area contributed by atoms with Gasteiger partial charge in [-0.1, -0.05) is 12.1 Å². The minimum atomic E-state index is -0.635. The lowest BCUT2D eigenvalue weighted by molar-refractivity contribution is 0.117. The average molecular weight is 388 g/mol. The fourth-order valence-corrected chi connectivity index (χ4v) is 2.65. The van der Waals surface area contributed by atoms with Gasteiger partial charge in [0.15, 0.2) is 0 Å². The Labute approximate surface area is 148 Å². The standard InChI is InChI=1S/C18H18BrN3O2/c1-12-3-2-4-15(7-12)24-11-14(23)10-21-16-5-6-20-17-8-13(19)9-22-18(16)17/h2-9,14,23H,10-11H2,1H3,(H,20,21). The van der Waals surface area contributed by atoms with E-state index < -0.39 is 6.10 Å². The summed E-state index contributed by atoms with van der Waals surface area (Å²) in [7, 11) is 0. The number of nitrogens with zero attached hydrogens (tertiary/aromatic N) is 2. The molecule has 0 aliphatic carbocycles. The first-order chi connectivity index (χ1) is 11.6. The Kier molecular flexibility index (Phi) is 5.27. The highest BCUT2D eigenvalue weighted by atomic mass is 79.9. The van der Waals surface area contributed by atoms with E-state index in [4.69, 9.17) is 4.74 Å². The molecular weight excluding hydrogens is 370 g/mol. The van der Waals surface area contributed by atoms with E-state index in [2.05, 4.69) is 31.2 Å². The molecule has 0 spiro atoms. The Hall–Kier alpha value is -2.18. The summed E-state index contributed by atoms with van der Waals surface area (Å²) in [5.74, 6) is 0.759. The monoisotopic (exact) mass is 387 g/mol. The minimum Gasteiger partial charge on any atom is -0.491 e. The van der Waals surface area contributed by atoms with Crippen molar-refractivity contribution in [3.05, 3.63) is 58.8 Å². The summed E-state index contributed by atoms with van der Waals surface area (Å²) < 4.78 is 6.50. The Morgan fingerprint density at radius 2 is 2.12 bits per heavy atom. The number of nitrogens with one attached hydrogen (secondary N) is 1. The van der Waals surface area contributed by atoms with Crippen LogP contribution in [0.1, 0.15) is 5.56 Å². The number of pyridine rings is 2. The molecule has 1 aromatic carbocycles. The summed E-state index contributed by atoms with van der Waals surface area (Å²) in [6.07, 6.45) is 2.81. The topological polar surface area (TPSA) is 67.3 Å². The first kappa shape index (κ1) is 16.7. The molecule has 0 saturated heterocycles. The van der Waals surface area contributed by atoms with E-state index in [0.717, 1.165) is 32.5 Å². The van der Waals surface area contributed by atoms with Crippen molar-refractivity contribution in [3.8, 4) is 5.75 Å². The van der Waals surface area contributed by atoms with Crippen molar-refractivity contribution in [2.45, 2.75) is 13.0 Å². The molecule has 2 N–H and O–H groups in total. The number of fused-ring (bicyclic) bond motifs is 1. The van der Waals surface area contributed by atoms with E-state index in [1.165, 1.54) is 0 Å². The Bertz CT molecular complexity index is 841. The number of aliphatic hydroxyl groups is 1. The van der Waals surface area contributed by atoms with Gasteiger partial charge in [0, 0.05) is 23.4 Å². The molecule has 0 bridgehead atoms.